The Morgan fingerprint density at radius 1 is 1.18 bits per heavy atom. The monoisotopic (exact) mass is 487 g/mol. The number of benzene rings is 2. The van der Waals surface area contributed by atoms with Gasteiger partial charge in [-0.1, -0.05) is 12.1 Å². The van der Waals surface area contributed by atoms with Crippen LogP contribution in [0.3, 0.4) is 0 Å². The van der Waals surface area contributed by atoms with Gasteiger partial charge in [-0.3, -0.25) is 14.3 Å². The van der Waals surface area contributed by atoms with E-state index in [0.717, 1.165) is 6.26 Å². The van der Waals surface area contributed by atoms with Gasteiger partial charge < -0.3 is 4.74 Å². The van der Waals surface area contributed by atoms with Crippen LogP contribution in [0.5, 0.6) is 0 Å². The van der Waals surface area contributed by atoms with Gasteiger partial charge in [0.1, 0.15) is 17.2 Å². The lowest BCUT2D eigenvalue weighted by Gasteiger charge is -2.29. The molecular weight excluding hydrogens is 461 g/mol. The summed E-state index contributed by atoms with van der Waals surface area (Å²) in [6.45, 7) is 5.69. The maximum absolute atomic E-state index is 14.2. The molecule has 1 aliphatic heterocycles. The Morgan fingerprint density at radius 2 is 1.88 bits per heavy atom. The molecule has 0 aliphatic carbocycles. The van der Waals surface area contributed by atoms with Crippen molar-refractivity contribution in [3.05, 3.63) is 64.5 Å². The molecule has 180 valence electrons. The third-order valence-corrected chi connectivity index (χ3v) is 6.67. The Bertz CT molecular complexity index is 1440. The van der Waals surface area contributed by atoms with Gasteiger partial charge in [0, 0.05) is 12.8 Å². The van der Waals surface area contributed by atoms with Crippen molar-refractivity contribution in [2.24, 2.45) is 0 Å². The number of fused-ring (bicyclic) bond motifs is 1. The van der Waals surface area contributed by atoms with Crippen molar-refractivity contribution >= 4 is 26.8 Å². The quantitative estimate of drug-likeness (QED) is 0.554. The van der Waals surface area contributed by atoms with E-state index in [0.29, 0.717) is 19.4 Å². The van der Waals surface area contributed by atoms with Gasteiger partial charge in [-0.15, -0.1) is 0 Å². The first-order valence-corrected chi connectivity index (χ1v) is 12.8. The molecular formula is C24H26FN3O5S. The number of hydrogen-bond donors (Lipinski definition) is 0. The van der Waals surface area contributed by atoms with Crippen molar-refractivity contribution in [3.8, 4) is 5.69 Å². The molecule has 0 saturated carbocycles. The number of carbonyl (C=O) groups is 1. The van der Waals surface area contributed by atoms with Crippen LogP contribution in [0.15, 0.2) is 52.2 Å². The first kappa shape index (κ1) is 23.9. The number of ether oxygens (including phenoxy) is 1. The number of hydrogen-bond acceptors (Lipinski definition) is 6. The summed E-state index contributed by atoms with van der Waals surface area (Å²) in [5.41, 5.74) is -0.990. The van der Waals surface area contributed by atoms with E-state index < -0.39 is 38.9 Å². The number of nitrogens with zero attached hydrogens (tertiary/aromatic N) is 3. The second kappa shape index (κ2) is 8.50. The minimum absolute atomic E-state index is 0.0835. The molecule has 0 radical (unpaired) electrons. The summed E-state index contributed by atoms with van der Waals surface area (Å²) in [4.78, 5) is 32.7. The summed E-state index contributed by atoms with van der Waals surface area (Å²) in [5, 5.41) is -0.0835. The summed E-state index contributed by atoms with van der Waals surface area (Å²) < 4.78 is 45.7. The van der Waals surface area contributed by atoms with Crippen molar-refractivity contribution in [3.63, 3.8) is 0 Å². The van der Waals surface area contributed by atoms with Crippen LogP contribution in [0, 0.1) is 5.82 Å². The average molecular weight is 488 g/mol. The average Bonchev–Trinajstić information content (AvgIpc) is 3.21. The number of sulfone groups is 1. The highest BCUT2D eigenvalue weighted by Crippen LogP contribution is 2.34. The summed E-state index contributed by atoms with van der Waals surface area (Å²) in [6, 6.07) is 9.21. The molecule has 1 fully saturated rings. The van der Waals surface area contributed by atoms with E-state index in [1.165, 1.54) is 45.9 Å². The molecule has 1 atom stereocenters. The summed E-state index contributed by atoms with van der Waals surface area (Å²) in [7, 11) is -3.75. The molecule has 4 rings (SSSR count). The predicted octanol–water partition coefficient (Wildman–Crippen LogP) is 4.00. The number of amides is 1. The molecule has 1 aromatic heterocycles. The number of halogens is 1. The van der Waals surface area contributed by atoms with Crippen molar-refractivity contribution in [1.82, 2.24) is 14.5 Å². The molecule has 0 bridgehead atoms. The maximum Gasteiger partial charge on any atom is 0.410 e. The molecule has 1 amide bonds. The summed E-state index contributed by atoms with van der Waals surface area (Å²) >= 11 is 0. The van der Waals surface area contributed by atoms with Crippen LogP contribution >= 0.6 is 0 Å². The largest absolute Gasteiger partial charge is 0.444 e. The first-order chi connectivity index (χ1) is 15.9. The van der Waals surface area contributed by atoms with Crippen LogP contribution < -0.4 is 5.56 Å². The van der Waals surface area contributed by atoms with Gasteiger partial charge >= 0.3 is 6.09 Å². The predicted molar refractivity (Wildman–Crippen MR) is 125 cm³/mol. The molecule has 8 nitrogen and oxygen atoms in total. The number of aromatic nitrogens is 2. The SMILES string of the molecule is CC(C)(C)OC(=O)N1CCC[C@H]1c1nc2cccc(S(C)(=O)=O)c2c(=O)n1-c1cccc(F)c1. The lowest BCUT2D eigenvalue weighted by molar-refractivity contribution is 0.0216. The molecule has 0 N–H and O–H groups in total. The summed E-state index contributed by atoms with van der Waals surface area (Å²) in [6.07, 6.45) is 1.64. The Hall–Kier alpha value is -3.27. The highest BCUT2D eigenvalue weighted by Gasteiger charge is 2.36. The normalized spacial score (nSPS) is 16.7. The fourth-order valence-corrected chi connectivity index (χ4v) is 5.08. The highest BCUT2D eigenvalue weighted by atomic mass is 32.2. The van der Waals surface area contributed by atoms with Crippen LogP contribution in [0.4, 0.5) is 9.18 Å². The smallest absolute Gasteiger partial charge is 0.410 e. The van der Waals surface area contributed by atoms with Crippen LogP contribution in [-0.2, 0) is 14.6 Å². The molecule has 3 aromatic rings. The molecule has 34 heavy (non-hydrogen) atoms. The van der Waals surface area contributed by atoms with Gasteiger partial charge in [-0.05, 0) is 63.9 Å². The van der Waals surface area contributed by atoms with Crippen molar-refractivity contribution in [2.75, 3.05) is 12.8 Å². The number of rotatable bonds is 3. The van der Waals surface area contributed by atoms with E-state index in [1.54, 1.807) is 26.8 Å². The van der Waals surface area contributed by atoms with E-state index in [1.807, 2.05) is 0 Å². The summed E-state index contributed by atoms with van der Waals surface area (Å²) in [5.74, 6) is -0.348. The van der Waals surface area contributed by atoms with Gasteiger partial charge in [0.15, 0.2) is 9.84 Å². The fraction of sp³-hybridized carbons (Fsp3) is 0.375. The van der Waals surface area contributed by atoms with Gasteiger partial charge in [-0.25, -0.2) is 22.6 Å². The molecule has 0 spiro atoms. The van der Waals surface area contributed by atoms with Crippen molar-refractivity contribution in [1.29, 1.82) is 0 Å². The van der Waals surface area contributed by atoms with Crippen molar-refractivity contribution in [2.45, 2.75) is 50.2 Å². The van der Waals surface area contributed by atoms with E-state index in [-0.39, 0.29) is 27.3 Å². The van der Waals surface area contributed by atoms with Crippen LogP contribution in [-0.4, -0.2) is 47.4 Å². The molecule has 2 aromatic carbocycles. The van der Waals surface area contributed by atoms with Crippen LogP contribution in [0.1, 0.15) is 45.5 Å². The lowest BCUT2D eigenvalue weighted by Crippen LogP contribution is -2.38. The highest BCUT2D eigenvalue weighted by molar-refractivity contribution is 7.91. The zero-order chi connectivity index (χ0) is 24.8. The maximum atomic E-state index is 14.2. The fourth-order valence-electron chi connectivity index (χ4n) is 4.19. The molecule has 2 heterocycles. The third kappa shape index (κ3) is 4.54. The number of likely N-dealkylation sites (tertiary alicyclic amines) is 1. The minimum atomic E-state index is -3.75. The van der Waals surface area contributed by atoms with Crippen LogP contribution in [0.2, 0.25) is 0 Å². The van der Waals surface area contributed by atoms with Crippen molar-refractivity contribution < 1.29 is 22.3 Å². The zero-order valence-corrected chi connectivity index (χ0v) is 20.2. The Labute approximate surface area is 196 Å². The minimum Gasteiger partial charge on any atom is -0.444 e. The standard InChI is InChI=1S/C24H26FN3O5S/c1-24(2,3)33-23(30)27-13-7-11-18(27)21-26-17-10-6-12-19(34(4,31)32)20(17)22(29)28(21)16-9-5-8-15(25)14-16/h5-6,8-10,12,14,18H,7,11,13H2,1-4H3/t18-/m0/s1. The van der Waals surface area contributed by atoms with E-state index in [9.17, 15) is 22.4 Å². The second-order valence-electron chi connectivity index (χ2n) is 9.34. The van der Waals surface area contributed by atoms with E-state index in [4.69, 9.17) is 4.74 Å². The van der Waals surface area contributed by atoms with Crippen LogP contribution in [0.25, 0.3) is 16.6 Å². The second-order valence-corrected chi connectivity index (χ2v) is 11.3. The molecule has 1 aliphatic rings. The topological polar surface area (TPSA) is 98.6 Å². The first-order valence-electron chi connectivity index (χ1n) is 10.9. The van der Waals surface area contributed by atoms with E-state index >= 15 is 0 Å². The molecule has 1 saturated heterocycles. The molecule has 0 unspecified atom stereocenters. The Kier molecular flexibility index (Phi) is 5.97. The van der Waals surface area contributed by atoms with Gasteiger partial charge in [0.05, 0.1) is 27.5 Å². The van der Waals surface area contributed by atoms with Gasteiger partial charge in [-0.2, -0.15) is 0 Å². The third-order valence-electron chi connectivity index (χ3n) is 5.53. The van der Waals surface area contributed by atoms with Gasteiger partial charge in [0.25, 0.3) is 5.56 Å². The van der Waals surface area contributed by atoms with E-state index in [2.05, 4.69) is 4.98 Å². The Balaban J connectivity index is 2.01. The lowest BCUT2D eigenvalue weighted by atomic mass is 10.1. The zero-order valence-electron chi connectivity index (χ0n) is 19.4. The Morgan fingerprint density at radius 3 is 2.53 bits per heavy atom. The number of carbonyl (C=O) groups excluding carboxylic acids is 1. The van der Waals surface area contributed by atoms with Gasteiger partial charge in [0.2, 0.25) is 0 Å². The molecule has 10 heteroatoms.